The number of rotatable bonds is 2. The van der Waals surface area contributed by atoms with Crippen LogP contribution in [0.15, 0.2) is 85.5 Å². The first kappa shape index (κ1) is 13.0. The highest BCUT2D eigenvalue weighted by Crippen LogP contribution is 2.17. The minimum atomic E-state index is 1.28. The van der Waals surface area contributed by atoms with Crippen LogP contribution in [0.4, 0.5) is 0 Å². The van der Waals surface area contributed by atoms with Gasteiger partial charge >= 0.3 is 0 Å². The summed E-state index contributed by atoms with van der Waals surface area (Å²) in [4.78, 5) is 0. The number of hydrogen-bond acceptors (Lipinski definition) is 0. The lowest BCUT2D eigenvalue weighted by molar-refractivity contribution is 1.62. The Labute approximate surface area is 104 Å². The van der Waals surface area contributed by atoms with E-state index in [1.165, 1.54) is 11.1 Å². The van der Waals surface area contributed by atoms with Crippen LogP contribution in [-0.2, 0) is 0 Å². The quantitative estimate of drug-likeness (QED) is 0.620. The van der Waals surface area contributed by atoms with Crippen molar-refractivity contribution in [3.8, 4) is 11.1 Å². The Morgan fingerprint density at radius 1 is 0.765 bits per heavy atom. The van der Waals surface area contributed by atoms with Crippen molar-refractivity contribution in [3.63, 3.8) is 0 Å². The van der Waals surface area contributed by atoms with Gasteiger partial charge in [0.1, 0.15) is 0 Å². The fourth-order valence-corrected chi connectivity index (χ4v) is 1.40. The molecule has 2 aromatic rings. The fourth-order valence-electron chi connectivity index (χ4n) is 1.40. The van der Waals surface area contributed by atoms with E-state index in [1.807, 2.05) is 31.2 Å². The summed E-state index contributed by atoms with van der Waals surface area (Å²) in [6.07, 6.45) is 5.58. The highest BCUT2D eigenvalue weighted by molar-refractivity contribution is 5.62. The third-order valence-corrected chi connectivity index (χ3v) is 2.21. The minimum Gasteiger partial charge on any atom is -0.0991 e. The van der Waals surface area contributed by atoms with E-state index in [0.717, 1.165) is 0 Å². The van der Waals surface area contributed by atoms with Crippen LogP contribution in [0.25, 0.3) is 11.1 Å². The lowest BCUT2D eigenvalue weighted by Crippen LogP contribution is -1.73. The molecular formula is C17H18. The molecule has 0 N–H and O–H groups in total. The maximum atomic E-state index is 3.46. The van der Waals surface area contributed by atoms with Crippen LogP contribution in [-0.4, -0.2) is 0 Å². The zero-order chi connectivity index (χ0) is 12.3. The van der Waals surface area contributed by atoms with Crippen molar-refractivity contribution in [1.82, 2.24) is 0 Å². The summed E-state index contributed by atoms with van der Waals surface area (Å²) in [5, 5.41) is 0. The molecular weight excluding hydrogens is 204 g/mol. The van der Waals surface area contributed by atoms with E-state index in [-0.39, 0.29) is 0 Å². The molecule has 0 spiro atoms. The Hall–Kier alpha value is -2.08. The Morgan fingerprint density at radius 3 is 1.41 bits per heavy atom. The third kappa shape index (κ3) is 4.98. The second-order valence-electron chi connectivity index (χ2n) is 3.49. The minimum absolute atomic E-state index is 1.28. The molecule has 0 aliphatic rings. The standard InChI is InChI=1S/C12H10.C5H8/c1-3-7-11(8-4-1)12-9-5-2-6-10-12;1-3-5-4-2/h1-10H;3-5H,1H2,2H3. The average Bonchev–Trinajstić information content (AvgIpc) is 2.42. The molecule has 0 aliphatic heterocycles. The van der Waals surface area contributed by atoms with E-state index in [9.17, 15) is 0 Å². The molecule has 0 saturated carbocycles. The topological polar surface area (TPSA) is 0 Å². The molecule has 0 aromatic heterocycles. The predicted octanol–water partition coefficient (Wildman–Crippen LogP) is 5.10. The number of hydrogen-bond donors (Lipinski definition) is 0. The molecule has 2 aromatic carbocycles. The molecule has 0 heterocycles. The lowest BCUT2D eigenvalue weighted by atomic mass is 10.1. The summed E-state index contributed by atoms with van der Waals surface area (Å²) in [5.41, 5.74) is 2.55. The van der Waals surface area contributed by atoms with Gasteiger partial charge in [0.05, 0.1) is 0 Å². The van der Waals surface area contributed by atoms with Gasteiger partial charge in [0.15, 0.2) is 0 Å². The van der Waals surface area contributed by atoms with Gasteiger partial charge in [-0.3, -0.25) is 0 Å². The van der Waals surface area contributed by atoms with Crippen molar-refractivity contribution in [2.75, 3.05) is 0 Å². The first-order valence-electron chi connectivity index (χ1n) is 5.72. The Kier molecular flexibility index (Phi) is 6.20. The molecule has 2 rings (SSSR count). The summed E-state index contributed by atoms with van der Waals surface area (Å²) < 4.78 is 0. The van der Waals surface area contributed by atoms with Crippen molar-refractivity contribution in [1.29, 1.82) is 0 Å². The first-order chi connectivity index (χ1) is 8.38. The molecule has 0 amide bonds. The molecule has 0 saturated heterocycles. The molecule has 0 unspecified atom stereocenters. The van der Waals surface area contributed by atoms with Gasteiger partial charge in [-0.05, 0) is 18.1 Å². The van der Waals surface area contributed by atoms with E-state index in [4.69, 9.17) is 0 Å². The largest absolute Gasteiger partial charge is 0.0991 e. The predicted molar refractivity (Wildman–Crippen MR) is 76.9 cm³/mol. The van der Waals surface area contributed by atoms with Gasteiger partial charge in [0.2, 0.25) is 0 Å². The van der Waals surface area contributed by atoms with Crippen LogP contribution in [0.5, 0.6) is 0 Å². The maximum absolute atomic E-state index is 3.46. The van der Waals surface area contributed by atoms with E-state index in [1.54, 1.807) is 6.08 Å². The van der Waals surface area contributed by atoms with E-state index >= 15 is 0 Å². The number of benzene rings is 2. The Bertz CT molecular complexity index is 400. The summed E-state index contributed by atoms with van der Waals surface area (Å²) in [7, 11) is 0. The van der Waals surface area contributed by atoms with Crippen molar-refractivity contribution in [3.05, 3.63) is 85.5 Å². The van der Waals surface area contributed by atoms with Gasteiger partial charge in [0.25, 0.3) is 0 Å². The van der Waals surface area contributed by atoms with Crippen molar-refractivity contribution < 1.29 is 0 Å². The normalized spacial score (nSPS) is 9.47. The average molecular weight is 222 g/mol. The zero-order valence-electron chi connectivity index (χ0n) is 10.2. The summed E-state index contributed by atoms with van der Waals surface area (Å²) >= 11 is 0. The second kappa shape index (κ2) is 8.12. The highest BCUT2D eigenvalue weighted by Gasteiger charge is 1.91. The Balaban J connectivity index is 0.000000249. The zero-order valence-corrected chi connectivity index (χ0v) is 10.2. The van der Waals surface area contributed by atoms with Gasteiger partial charge in [0, 0.05) is 0 Å². The molecule has 0 bridgehead atoms. The van der Waals surface area contributed by atoms with Gasteiger partial charge in [-0.25, -0.2) is 0 Å². The number of allylic oxidation sites excluding steroid dienone is 3. The summed E-state index contributed by atoms with van der Waals surface area (Å²) in [6.45, 7) is 5.42. The van der Waals surface area contributed by atoms with Gasteiger partial charge in [-0.2, -0.15) is 0 Å². The molecule has 0 radical (unpaired) electrons. The maximum Gasteiger partial charge on any atom is -0.0184 e. The monoisotopic (exact) mass is 222 g/mol. The first-order valence-corrected chi connectivity index (χ1v) is 5.72. The molecule has 0 heteroatoms. The van der Waals surface area contributed by atoms with E-state index in [0.29, 0.717) is 0 Å². The summed E-state index contributed by atoms with van der Waals surface area (Å²) in [6, 6.07) is 20.8. The van der Waals surface area contributed by atoms with Crippen LogP contribution in [0, 0.1) is 0 Å². The van der Waals surface area contributed by atoms with Gasteiger partial charge < -0.3 is 0 Å². The van der Waals surface area contributed by atoms with Gasteiger partial charge in [-0.1, -0.05) is 85.5 Å². The van der Waals surface area contributed by atoms with Gasteiger partial charge in [-0.15, -0.1) is 0 Å². The van der Waals surface area contributed by atoms with Crippen molar-refractivity contribution in [2.45, 2.75) is 6.92 Å². The third-order valence-electron chi connectivity index (χ3n) is 2.21. The van der Waals surface area contributed by atoms with Crippen LogP contribution < -0.4 is 0 Å². The molecule has 0 nitrogen and oxygen atoms in total. The highest BCUT2D eigenvalue weighted by atomic mass is 14.0. The van der Waals surface area contributed by atoms with Crippen LogP contribution in [0.2, 0.25) is 0 Å². The smallest absolute Gasteiger partial charge is 0.0184 e. The lowest BCUT2D eigenvalue weighted by Gasteiger charge is -1.98. The molecule has 0 fully saturated rings. The van der Waals surface area contributed by atoms with Crippen LogP contribution in [0.3, 0.4) is 0 Å². The van der Waals surface area contributed by atoms with E-state index < -0.39 is 0 Å². The SMILES string of the molecule is C=CC=CC.c1ccc(-c2ccccc2)cc1. The van der Waals surface area contributed by atoms with Crippen LogP contribution in [0.1, 0.15) is 6.92 Å². The molecule has 86 valence electrons. The summed E-state index contributed by atoms with van der Waals surface area (Å²) in [5.74, 6) is 0. The van der Waals surface area contributed by atoms with Crippen molar-refractivity contribution >= 4 is 0 Å². The Morgan fingerprint density at radius 2 is 1.18 bits per heavy atom. The van der Waals surface area contributed by atoms with Crippen LogP contribution >= 0.6 is 0 Å². The second-order valence-corrected chi connectivity index (χ2v) is 3.49. The molecule has 0 aliphatic carbocycles. The molecule has 0 atom stereocenters. The van der Waals surface area contributed by atoms with E-state index in [2.05, 4.69) is 55.1 Å². The fraction of sp³-hybridized carbons (Fsp3) is 0.0588. The van der Waals surface area contributed by atoms with Crippen molar-refractivity contribution in [2.24, 2.45) is 0 Å². The molecule has 17 heavy (non-hydrogen) atoms.